The summed E-state index contributed by atoms with van der Waals surface area (Å²) in [5, 5.41) is 18.4. The van der Waals surface area contributed by atoms with Gasteiger partial charge in [0.25, 0.3) is 0 Å². The minimum atomic E-state index is 0.0945. The van der Waals surface area contributed by atoms with Crippen LogP contribution in [0.1, 0.15) is 0 Å². The molecule has 2 aromatic carbocycles. The van der Waals surface area contributed by atoms with Crippen molar-refractivity contribution in [3.05, 3.63) is 48.5 Å². The Morgan fingerprint density at radius 1 is 0.688 bits per heavy atom. The monoisotopic (exact) mass is 218 g/mol. The minimum Gasteiger partial charge on any atom is -0.508 e. The maximum atomic E-state index is 9.18. The Bertz CT molecular complexity index is 436. The molecule has 0 aliphatic heterocycles. The van der Waals surface area contributed by atoms with Gasteiger partial charge in [-0.15, -0.1) is 0 Å². The van der Waals surface area contributed by atoms with E-state index in [0.29, 0.717) is 11.5 Å². The molecule has 0 fully saturated rings. The molecule has 0 bridgehead atoms. The topological polar surface area (TPSA) is 58.9 Å². The summed E-state index contributed by atoms with van der Waals surface area (Å²) in [6, 6.07) is 12.5. The highest BCUT2D eigenvalue weighted by molar-refractivity contribution is 5.33. The van der Waals surface area contributed by atoms with Gasteiger partial charge in [0.2, 0.25) is 0 Å². The Labute approximate surface area is 92.2 Å². The largest absolute Gasteiger partial charge is 0.508 e. The Kier molecular flexibility index (Phi) is 2.82. The maximum Gasteiger partial charge on any atom is 0.182 e. The van der Waals surface area contributed by atoms with E-state index in [-0.39, 0.29) is 11.5 Å². The van der Waals surface area contributed by atoms with Crippen LogP contribution in [-0.2, 0) is 0 Å². The van der Waals surface area contributed by atoms with Crippen molar-refractivity contribution in [3.63, 3.8) is 0 Å². The minimum absolute atomic E-state index is 0.0945. The molecule has 0 aliphatic carbocycles. The molecule has 2 N–H and O–H groups in total. The van der Waals surface area contributed by atoms with Crippen molar-refractivity contribution in [2.24, 2.45) is 0 Å². The third-order valence-corrected chi connectivity index (χ3v) is 1.87. The number of hydrogen-bond acceptors (Lipinski definition) is 4. The van der Waals surface area contributed by atoms with E-state index in [9.17, 15) is 10.2 Å². The number of hydrogen-bond donors (Lipinski definition) is 2. The fourth-order valence-electron chi connectivity index (χ4n) is 1.17. The van der Waals surface area contributed by atoms with Crippen LogP contribution in [0.5, 0.6) is 23.0 Å². The second-order valence-electron chi connectivity index (χ2n) is 3.16. The highest BCUT2D eigenvalue weighted by Crippen LogP contribution is 2.21. The highest BCUT2D eigenvalue weighted by atomic mass is 17.2. The fourth-order valence-corrected chi connectivity index (χ4v) is 1.17. The first kappa shape index (κ1) is 10.2. The molecule has 2 rings (SSSR count). The summed E-state index contributed by atoms with van der Waals surface area (Å²) >= 11 is 0. The molecule has 0 saturated heterocycles. The zero-order valence-corrected chi connectivity index (χ0v) is 8.33. The average Bonchev–Trinajstić information content (AvgIpc) is 2.27. The Balaban J connectivity index is 2.02. The second-order valence-corrected chi connectivity index (χ2v) is 3.16. The summed E-state index contributed by atoms with van der Waals surface area (Å²) in [7, 11) is 0. The van der Waals surface area contributed by atoms with Crippen LogP contribution in [-0.4, -0.2) is 10.2 Å². The third-order valence-electron chi connectivity index (χ3n) is 1.87. The van der Waals surface area contributed by atoms with E-state index < -0.39 is 0 Å². The van der Waals surface area contributed by atoms with Crippen LogP contribution in [0.3, 0.4) is 0 Å². The first-order chi connectivity index (χ1) is 7.74. The normalized spacial score (nSPS) is 9.75. The van der Waals surface area contributed by atoms with Gasteiger partial charge < -0.3 is 10.2 Å². The number of benzene rings is 2. The Hall–Kier alpha value is -2.36. The summed E-state index contributed by atoms with van der Waals surface area (Å²) in [6.07, 6.45) is 0. The fraction of sp³-hybridized carbons (Fsp3) is 0. The predicted molar refractivity (Wildman–Crippen MR) is 57.5 cm³/mol. The van der Waals surface area contributed by atoms with Crippen LogP contribution in [0.2, 0.25) is 0 Å². The molecule has 0 heterocycles. The van der Waals surface area contributed by atoms with E-state index in [4.69, 9.17) is 9.78 Å². The van der Waals surface area contributed by atoms with Crippen LogP contribution in [0.25, 0.3) is 0 Å². The summed E-state index contributed by atoms with van der Waals surface area (Å²) in [4.78, 5) is 9.91. The quantitative estimate of drug-likeness (QED) is 0.613. The van der Waals surface area contributed by atoms with Crippen molar-refractivity contribution in [2.75, 3.05) is 0 Å². The maximum absolute atomic E-state index is 9.18. The number of aromatic hydroxyl groups is 2. The third kappa shape index (κ3) is 2.57. The van der Waals surface area contributed by atoms with Crippen molar-refractivity contribution >= 4 is 0 Å². The van der Waals surface area contributed by atoms with Crippen molar-refractivity contribution in [1.29, 1.82) is 0 Å². The van der Waals surface area contributed by atoms with Crippen molar-refractivity contribution in [2.45, 2.75) is 0 Å². The molecule has 0 atom stereocenters. The summed E-state index contributed by atoms with van der Waals surface area (Å²) in [5.41, 5.74) is 0. The molecule has 4 heteroatoms. The van der Waals surface area contributed by atoms with Crippen LogP contribution in [0, 0.1) is 0 Å². The van der Waals surface area contributed by atoms with Crippen molar-refractivity contribution < 1.29 is 20.0 Å². The molecule has 2 aromatic rings. The lowest BCUT2D eigenvalue weighted by Crippen LogP contribution is -1.99. The molecule has 0 saturated carbocycles. The van der Waals surface area contributed by atoms with Gasteiger partial charge in [0.05, 0.1) is 0 Å². The van der Waals surface area contributed by atoms with Gasteiger partial charge in [-0.3, -0.25) is 9.78 Å². The molecule has 82 valence electrons. The van der Waals surface area contributed by atoms with E-state index >= 15 is 0 Å². The average molecular weight is 218 g/mol. The molecule has 4 nitrogen and oxygen atoms in total. The van der Waals surface area contributed by atoms with Gasteiger partial charge in [-0.05, 0) is 24.3 Å². The first-order valence-electron chi connectivity index (χ1n) is 4.66. The van der Waals surface area contributed by atoms with Gasteiger partial charge in [-0.1, -0.05) is 12.1 Å². The summed E-state index contributed by atoms with van der Waals surface area (Å²) in [6.45, 7) is 0. The zero-order chi connectivity index (χ0) is 11.4. The molecule has 0 aliphatic rings. The lowest BCUT2D eigenvalue weighted by molar-refractivity contribution is -0.100. The van der Waals surface area contributed by atoms with Crippen LogP contribution in [0.15, 0.2) is 48.5 Å². The molecular formula is C12H10O4. The second kappa shape index (κ2) is 4.44. The molecular weight excluding hydrogens is 208 g/mol. The zero-order valence-electron chi connectivity index (χ0n) is 8.33. The van der Waals surface area contributed by atoms with E-state index in [2.05, 4.69) is 0 Å². The van der Waals surface area contributed by atoms with E-state index in [0.717, 1.165) is 0 Å². The van der Waals surface area contributed by atoms with Gasteiger partial charge in [-0.25, -0.2) is 0 Å². The lowest BCUT2D eigenvalue weighted by Gasteiger charge is -2.05. The summed E-state index contributed by atoms with van der Waals surface area (Å²) in [5.74, 6) is 0.945. The lowest BCUT2D eigenvalue weighted by atomic mass is 10.3. The highest BCUT2D eigenvalue weighted by Gasteiger charge is 1.99. The molecule has 0 aromatic heterocycles. The number of phenols is 2. The smallest absolute Gasteiger partial charge is 0.182 e. The van der Waals surface area contributed by atoms with Crippen molar-refractivity contribution in [3.8, 4) is 23.0 Å². The standard InChI is InChI=1S/C12H10O4/c13-9-3-1-5-11(7-9)15-16-12-6-2-4-10(14)8-12/h1-8,13-14H. The Morgan fingerprint density at radius 3 is 1.50 bits per heavy atom. The van der Waals surface area contributed by atoms with E-state index in [1.807, 2.05) is 0 Å². The van der Waals surface area contributed by atoms with Gasteiger partial charge in [-0.2, -0.15) is 0 Å². The van der Waals surface area contributed by atoms with Gasteiger partial charge in [0.15, 0.2) is 11.5 Å². The van der Waals surface area contributed by atoms with Crippen LogP contribution >= 0.6 is 0 Å². The molecule has 0 spiro atoms. The summed E-state index contributed by atoms with van der Waals surface area (Å²) < 4.78 is 0. The number of phenolic OH excluding ortho intramolecular Hbond substituents is 2. The SMILES string of the molecule is Oc1cccc(OOc2cccc(O)c2)c1. The van der Waals surface area contributed by atoms with Gasteiger partial charge >= 0.3 is 0 Å². The van der Waals surface area contributed by atoms with E-state index in [1.165, 1.54) is 24.3 Å². The molecule has 0 amide bonds. The van der Waals surface area contributed by atoms with Gasteiger partial charge in [0.1, 0.15) is 11.5 Å². The molecule has 16 heavy (non-hydrogen) atoms. The molecule has 0 unspecified atom stereocenters. The van der Waals surface area contributed by atoms with E-state index in [1.54, 1.807) is 24.3 Å². The number of rotatable bonds is 3. The molecule has 0 radical (unpaired) electrons. The van der Waals surface area contributed by atoms with Gasteiger partial charge in [0, 0.05) is 12.1 Å². The van der Waals surface area contributed by atoms with Crippen LogP contribution < -0.4 is 9.78 Å². The Morgan fingerprint density at radius 2 is 1.12 bits per heavy atom. The van der Waals surface area contributed by atoms with Crippen molar-refractivity contribution in [1.82, 2.24) is 0 Å². The first-order valence-corrected chi connectivity index (χ1v) is 4.66. The predicted octanol–water partition coefficient (Wildman–Crippen LogP) is 2.47. The van der Waals surface area contributed by atoms with Crippen LogP contribution in [0.4, 0.5) is 0 Å².